The Morgan fingerprint density at radius 1 is 0.683 bits per heavy atom. The Hall–Kier alpha value is 0.260. The zero-order chi connectivity index (χ0) is 27.2. The van der Waals surface area contributed by atoms with Crippen molar-refractivity contribution >= 4 is 17.2 Å². The predicted octanol–water partition coefficient (Wildman–Crippen LogP) is 8.56. The second kappa shape index (κ2) is 10.4. The Balaban J connectivity index is 1.13. The lowest BCUT2D eigenvalue weighted by Gasteiger charge is -2.67. The van der Waals surface area contributed by atoms with Crippen molar-refractivity contribution in [2.24, 2.45) is 35.5 Å². The summed E-state index contributed by atoms with van der Waals surface area (Å²) < 4.78 is 0. The summed E-state index contributed by atoms with van der Waals surface area (Å²) in [4.78, 5) is 0. The van der Waals surface area contributed by atoms with Crippen molar-refractivity contribution in [3.63, 3.8) is 0 Å². The fourth-order valence-corrected chi connectivity index (χ4v) is 20.2. The van der Waals surface area contributed by atoms with Gasteiger partial charge < -0.3 is 10.6 Å². The fraction of sp³-hybridized carbons (Fsp3) is 0.892. The molecule has 3 unspecified atom stereocenters. The number of hydrogen-bond acceptors (Lipinski definition) is 2. The molecule has 0 aromatic rings. The van der Waals surface area contributed by atoms with Gasteiger partial charge in [-0.25, -0.2) is 0 Å². The molecule has 9 aliphatic carbocycles. The topological polar surface area (TPSA) is 24.1 Å². The molecule has 226 valence electrons. The minimum absolute atomic E-state index is 0.0123. The van der Waals surface area contributed by atoms with E-state index in [0.29, 0.717) is 12.1 Å². The molecule has 41 heavy (non-hydrogen) atoms. The molecular weight excluding hydrogens is 534 g/mol. The third-order valence-electron chi connectivity index (χ3n) is 14.8. The SMILES string of the molecule is PC(C1=C(CP(C23CC4CC(CC(C4)C2)C3)C23CC4CC(CC(C4)C2)C3)C=CC1)(C1CCCCN1)C1CCCCN1. The van der Waals surface area contributed by atoms with E-state index in [1.165, 1.54) is 64.2 Å². The predicted molar refractivity (Wildman–Crippen MR) is 178 cm³/mol. The van der Waals surface area contributed by atoms with Gasteiger partial charge in [0.15, 0.2) is 0 Å². The van der Waals surface area contributed by atoms with Gasteiger partial charge in [-0.05, 0) is 185 Å². The normalized spacial score (nSPS) is 50.5. The van der Waals surface area contributed by atoms with E-state index < -0.39 is 0 Å². The maximum absolute atomic E-state index is 4.11. The van der Waals surface area contributed by atoms with Crippen LogP contribution in [0.3, 0.4) is 0 Å². The van der Waals surface area contributed by atoms with Crippen molar-refractivity contribution in [3.8, 4) is 0 Å². The van der Waals surface area contributed by atoms with E-state index in [4.69, 9.17) is 0 Å². The maximum atomic E-state index is 4.11. The van der Waals surface area contributed by atoms with Gasteiger partial charge in [-0.2, -0.15) is 0 Å². The zero-order valence-corrected chi connectivity index (χ0v) is 27.9. The van der Waals surface area contributed by atoms with Crippen molar-refractivity contribution in [1.29, 1.82) is 0 Å². The van der Waals surface area contributed by atoms with Crippen molar-refractivity contribution in [3.05, 3.63) is 23.3 Å². The average Bonchev–Trinajstić information content (AvgIpc) is 3.44. The average molecular weight is 593 g/mol. The highest BCUT2D eigenvalue weighted by atomic mass is 31.1. The lowest BCUT2D eigenvalue weighted by molar-refractivity contribution is 0.0187. The first-order chi connectivity index (χ1) is 20.0. The van der Waals surface area contributed by atoms with Gasteiger partial charge in [0.05, 0.1) is 0 Å². The molecule has 2 aliphatic heterocycles. The van der Waals surface area contributed by atoms with Crippen LogP contribution < -0.4 is 10.6 Å². The molecule has 3 atom stereocenters. The van der Waals surface area contributed by atoms with E-state index in [1.54, 1.807) is 77.0 Å². The highest BCUT2D eigenvalue weighted by molar-refractivity contribution is 7.61. The second-order valence-electron chi connectivity index (χ2n) is 17.4. The van der Waals surface area contributed by atoms with Crippen molar-refractivity contribution in [2.75, 3.05) is 19.3 Å². The summed E-state index contributed by atoms with van der Waals surface area (Å²) >= 11 is 0. The Bertz CT molecular complexity index is 946. The molecule has 2 N–H and O–H groups in total. The molecule has 11 rings (SSSR count). The van der Waals surface area contributed by atoms with Gasteiger partial charge in [-0.1, -0.05) is 32.9 Å². The number of allylic oxidation sites excluding steroid dienone is 3. The molecule has 8 saturated carbocycles. The van der Waals surface area contributed by atoms with E-state index in [1.807, 2.05) is 11.1 Å². The molecule has 2 nitrogen and oxygen atoms in total. The van der Waals surface area contributed by atoms with Crippen LogP contribution in [0.25, 0.3) is 0 Å². The van der Waals surface area contributed by atoms with Crippen LogP contribution >= 0.6 is 17.2 Å². The summed E-state index contributed by atoms with van der Waals surface area (Å²) in [5.74, 6) is 6.54. The number of nitrogens with one attached hydrogen (secondary N) is 2. The molecule has 4 heteroatoms. The first-order valence-corrected chi connectivity index (χ1v) is 20.5. The fourth-order valence-electron chi connectivity index (χ4n) is 14.1. The second-order valence-corrected chi connectivity index (χ2v) is 21.4. The molecule has 2 heterocycles. The van der Waals surface area contributed by atoms with Crippen molar-refractivity contribution in [2.45, 2.75) is 150 Å². The highest BCUT2D eigenvalue weighted by Crippen LogP contribution is 2.79. The Labute approximate surface area is 254 Å². The van der Waals surface area contributed by atoms with Crippen LogP contribution in [-0.2, 0) is 0 Å². The smallest absolute Gasteiger partial charge is 0.0370 e. The van der Waals surface area contributed by atoms with Gasteiger partial charge in [0.2, 0.25) is 0 Å². The molecule has 0 amide bonds. The van der Waals surface area contributed by atoms with Crippen LogP contribution in [0, 0.1) is 35.5 Å². The monoisotopic (exact) mass is 592 g/mol. The van der Waals surface area contributed by atoms with Gasteiger partial charge >= 0.3 is 0 Å². The molecule has 10 fully saturated rings. The standard InChI is InChI=1S/C37H58N2P2/c40-37(33-8-1-3-10-38-33,34-9-2-4-11-39-34)32-7-5-6-31(32)24-41(35-18-25-12-26(19-35)14-27(13-25)20-35)36-21-28-15-29(22-36)17-30(16-28)23-36/h5-6,25-30,33-34,38-39H,1-4,7-24,40H2. The number of piperidine rings is 2. The molecule has 0 aromatic carbocycles. The van der Waals surface area contributed by atoms with Crippen LogP contribution in [0.5, 0.6) is 0 Å². The van der Waals surface area contributed by atoms with E-state index >= 15 is 0 Å². The van der Waals surface area contributed by atoms with Crippen molar-refractivity contribution < 1.29 is 0 Å². The van der Waals surface area contributed by atoms with E-state index in [9.17, 15) is 0 Å². The van der Waals surface area contributed by atoms with Gasteiger partial charge in [0.1, 0.15) is 0 Å². The van der Waals surface area contributed by atoms with E-state index in [-0.39, 0.29) is 13.1 Å². The van der Waals surface area contributed by atoms with Crippen LogP contribution in [-0.4, -0.2) is 46.8 Å². The quantitative estimate of drug-likeness (QED) is 0.290. The molecule has 2 saturated heterocycles. The molecule has 11 aliphatic rings. The third kappa shape index (κ3) is 4.51. The van der Waals surface area contributed by atoms with Crippen LogP contribution in [0.4, 0.5) is 0 Å². The van der Waals surface area contributed by atoms with Crippen molar-refractivity contribution in [1.82, 2.24) is 10.6 Å². The van der Waals surface area contributed by atoms with Gasteiger partial charge in [-0.3, -0.25) is 0 Å². The van der Waals surface area contributed by atoms with E-state index in [0.717, 1.165) is 45.8 Å². The summed E-state index contributed by atoms with van der Waals surface area (Å²) in [5, 5.41) is 9.87. The summed E-state index contributed by atoms with van der Waals surface area (Å²) in [6, 6.07) is 1.24. The summed E-state index contributed by atoms with van der Waals surface area (Å²) in [5.41, 5.74) is 3.72. The minimum atomic E-state index is 0.0123. The van der Waals surface area contributed by atoms with Crippen LogP contribution in [0.1, 0.15) is 122 Å². The molecule has 0 radical (unpaired) electrons. The highest BCUT2D eigenvalue weighted by Gasteiger charge is 2.62. The van der Waals surface area contributed by atoms with E-state index in [2.05, 4.69) is 32.0 Å². The van der Waals surface area contributed by atoms with Crippen LogP contribution in [0.2, 0.25) is 0 Å². The first kappa shape index (κ1) is 27.6. The lowest BCUT2D eigenvalue weighted by Crippen LogP contribution is -2.61. The lowest BCUT2D eigenvalue weighted by atomic mass is 9.55. The van der Waals surface area contributed by atoms with Crippen LogP contribution in [0.15, 0.2) is 23.3 Å². The van der Waals surface area contributed by atoms with Gasteiger partial charge in [0.25, 0.3) is 0 Å². The summed E-state index contributed by atoms with van der Waals surface area (Å²) in [6.45, 7) is 2.44. The number of hydrogen-bond donors (Lipinski definition) is 2. The summed E-state index contributed by atoms with van der Waals surface area (Å²) in [6.07, 6.45) is 35.7. The Kier molecular flexibility index (Phi) is 6.99. The van der Waals surface area contributed by atoms with Gasteiger partial charge in [0, 0.05) is 17.2 Å². The Morgan fingerprint density at radius 2 is 1.12 bits per heavy atom. The molecule has 0 aromatic heterocycles. The largest absolute Gasteiger partial charge is 0.313 e. The first-order valence-electron chi connectivity index (χ1n) is 18.4. The molecule has 8 bridgehead atoms. The number of rotatable bonds is 7. The molecular formula is C37H58N2P2. The Morgan fingerprint density at radius 3 is 1.51 bits per heavy atom. The zero-order valence-electron chi connectivity index (χ0n) is 25.9. The third-order valence-corrected chi connectivity index (χ3v) is 20.0. The minimum Gasteiger partial charge on any atom is -0.313 e. The maximum Gasteiger partial charge on any atom is 0.0370 e. The molecule has 0 spiro atoms. The van der Waals surface area contributed by atoms with Gasteiger partial charge in [-0.15, -0.1) is 9.24 Å². The summed E-state index contributed by atoms with van der Waals surface area (Å²) in [7, 11) is 3.61.